The van der Waals surface area contributed by atoms with E-state index in [4.69, 9.17) is 0 Å². The van der Waals surface area contributed by atoms with Gasteiger partial charge >= 0.3 is 64.9 Å². The van der Waals surface area contributed by atoms with Crippen LogP contribution in [0.2, 0.25) is 0 Å². The minimum absolute atomic E-state index is 0. The molecular formula is C33H57I3NV2. The van der Waals surface area contributed by atoms with Crippen molar-refractivity contribution >= 4 is 59.9 Å². The summed E-state index contributed by atoms with van der Waals surface area (Å²) in [5, 5.41) is 4.41. The first-order valence-corrected chi connectivity index (χ1v) is 29.2. The van der Waals surface area contributed by atoms with Crippen molar-refractivity contribution in [1.29, 1.82) is 0 Å². The Kier molecular flexibility index (Phi) is 9.63. The normalized spacial score (nSPS) is 53.8. The molecule has 1 radical (unpaired) electrons. The van der Waals surface area contributed by atoms with Crippen LogP contribution in [0.3, 0.4) is 0 Å². The number of hydrogen-bond donors (Lipinski definition) is 1. The SMILES string of the molecule is CC1CCC2(C)C(CCC3(C)C2CC2NC24C2CC(C)(C)CC(C)(C)C2(C)CCC34C)C1(C)C.[I][V]([I])[I].[V]. The Morgan fingerprint density at radius 1 is 0.718 bits per heavy atom. The second-order valence-corrected chi connectivity index (χ2v) is 53.4. The van der Waals surface area contributed by atoms with Crippen molar-refractivity contribution in [2.45, 2.75) is 146 Å². The van der Waals surface area contributed by atoms with Gasteiger partial charge in [0.05, 0.1) is 0 Å². The van der Waals surface area contributed by atoms with E-state index in [0.29, 0.717) is 43.4 Å². The maximum Gasteiger partial charge on any atom is 0 e. The molecule has 6 aliphatic rings. The van der Waals surface area contributed by atoms with Crippen molar-refractivity contribution in [3.05, 3.63) is 0 Å². The first-order chi connectivity index (χ1) is 17.1. The van der Waals surface area contributed by atoms with E-state index in [1.165, 1.54) is 57.8 Å². The molecule has 10 unspecified atom stereocenters. The van der Waals surface area contributed by atoms with E-state index < -0.39 is 0 Å². The van der Waals surface area contributed by atoms with Crippen LogP contribution in [-0.2, 0) is 23.5 Å². The van der Waals surface area contributed by atoms with Crippen LogP contribution in [-0.4, -0.2) is 11.6 Å². The maximum atomic E-state index is 4.41. The second-order valence-electron chi connectivity index (χ2n) is 18.1. The molecule has 225 valence electrons. The van der Waals surface area contributed by atoms with Gasteiger partial charge in [-0.2, -0.15) is 0 Å². The smallest absolute Gasteiger partial charge is 0 e. The quantitative estimate of drug-likeness (QED) is 0.190. The average Bonchev–Trinajstić information content (AvgIpc) is 3.48. The van der Waals surface area contributed by atoms with Crippen molar-refractivity contribution in [3.8, 4) is 0 Å². The number of rotatable bonds is 0. The first-order valence-electron chi connectivity index (χ1n) is 15.7. The van der Waals surface area contributed by atoms with E-state index in [0.717, 1.165) is 29.7 Å². The molecule has 6 rings (SSSR count). The standard InChI is InChI=1S/C33H57N.3HI.2V/c1-21-12-14-29(8)22(28(21,6)7)13-15-31(10)23(29)18-25-33(34-25)24-19-26(2,3)20-27(4,5)30(24,9)16-17-32(31,33)11;;;;;/h21-25,34H,12-20H2,1-11H3;3*1H;;/q;;;;;+3/p-3. The monoisotopic (exact) mass is 950 g/mol. The third-order valence-corrected chi connectivity index (χ3v) is 15.8. The van der Waals surface area contributed by atoms with E-state index in [2.05, 4.69) is 141 Å². The van der Waals surface area contributed by atoms with Crippen molar-refractivity contribution in [2.75, 3.05) is 0 Å². The van der Waals surface area contributed by atoms with Crippen LogP contribution >= 0.6 is 59.9 Å². The van der Waals surface area contributed by atoms with Crippen LogP contribution in [0.25, 0.3) is 0 Å². The molecule has 10 atom stereocenters. The summed E-state index contributed by atoms with van der Waals surface area (Å²) in [5.41, 5.74) is 3.66. The van der Waals surface area contributed by atoms with Gasteiger partial charge in [-0.25, -0.2) is 0 Å². The molecule has 5 aliphatic carbocycles. The number of halogens is 3. The molecule has 5 saturated carbocycles. The van der Waals surface area contributed by atoms with Gasteiger partial charge in [0.15, 0.2) is 0 Å². The molecule has 6 fully saturated rings. The fourth-order valence-corrected chi connectivity index (χ4v) is 13.3. The molecule has 1 spiro atoms. The van der Waals surface area contributed by atoms with Crippen molar-refractivity contribution < 1.29 is 23.5 Å². The van der Waals surface area contributed by atoms with E-state index in [1.54, 1.807) is 0 Å². The first kappa shape index (κ1) is 35.2. The minimum atomic E-state index is -0.278. The fraction of sp³-hybridized carbons (Fsp3) is 1.00. The Morgan fingerprint density at radius 2 is 1.31 bits per heavy atom. The van der Waals surface area contributed by atoms with Crippen molar-refractivity contribution in [3.63, 3.8) is 0 Å². The largest absolute Gasteiger partial charge is 0 e. The van der Waals surface area contributed by atoms with Gasteiger partial charge < -0.3 is 5.32 Å². The van der Waals surface area contributed by atoms with E-state index in [1.807, 2.05) is 0 Å². The predicted molar refractivity (Wildman–Crippen MR) is 187 cm³/mol. The van der Waals surface area contributed by atoms with Crippen molar-refractivity contribution in [1.82, 2.24) is 5.32 Å². The molecule has 1 N–H and O–H groups in total. The number of hydrogen-bond acceptors (Lipinski definition) is 1. The molecule has 0 aromatic rings. The molecule has 1 saturated heterocycles. The van der Waals surface area contributed by atoms with Crippen LogP contribution < -0.4 is 5.32 Å². The molecule has 39 heavy (non-hydrogen) atoms. The summed E-state index contributed by atoms with van der Waals surface area (Å²) in [4.78, 5) is -0.278. The van der Waals surface area contributed by atoms with Gasteiger partial charge in [0.2, 0.25) is 0 Å². The summed E-state index contributed by atoms with van der Waals surface area (Å²) in [5.74, 6) is 3.48. The summed E-state index contributed by atoms with van der Waals surface area (Å²) < 4.78 is 0. The Labute approximate surface area is 292 Å². The zero-order valence-corrected chi connectivity index (χ0v) is 36.0. The average molecular weight is 950 g/mol. The molecular weight excluding hydrogens is 893 g/mol. The Morgan fingerprint density at radius 3 is 1.90 bits per heavy atom. The Hall–Kier alpha value is 3.32. The van der Waals surface area contributed by atoms with Gasteiger partial charge in [-0.05, 0) is 119 Å². The van der Waals surface area contributed by atoms with E-state index in [-0.39, 0.29) is 23.5 Å². The van der Waals surface area contributed by atoms with E-state index in [9.17, 15) is 0 Å². The van der Waals surface area contributed by atoms with Gasteiger partial charge in [-0.3, -0.25) is 0 Å². The zero-order chi connectivity index (χ0) is 28.5. The number of nitrogens with one attached hydrogen (secondary N) is 1. The summed E-state index contributed by atoms with van der Waals surface area (Å²) in [7, 11) is 0. The molecule has 1 nitrogen and oxygen atoms in total. The molecule has 1 heterocycles. The Bertz CT molecular complexity index is 966. The maximum absolute atomic E-state index is 4.41. The molecule has 1 aliphatic heterocycles. The fourth-order valence-electron chi connectivity index (χ4n) is 13.3. The molecule has 6 heteroatoms. The van der Waals surface area contributed by atoms with Gasteiger partial charge in [0, 0.05) is 30.1 Å². The Balaban J connectivity index is 0.000000662. The van der Waals surface area contributed by atoms with Crippen LogP contribution in [0, 0.1) is 61.6 Å². The van der Waals surface area contributed by atoms with Gasteiger partial charge in [-0.15, -0.1) is 0 Å². The summed E-state index contributed by atoms with van der Waals surface area (Å²) in [6.45, 7) is 29.3. The van der Waals surface area contributed by atoms with Crippen LogP contribution in [0.5, 0.6) is 0 Å². The van der Waals surface area contributed by atoms with Crippen LogP contribution in [0.4, 0.5) is 0 Å². The van der Waals surface area contributed by atoms with Crippen molar-refractivity contribution in [2.24, 2.45) is 61.6 Å². The zero-order valence-electron chi connectivity index (χ0n) is 26.8. The van der Waals surface area contributed by atoms with Crippen LogP contribution in [0.15, 0.2) is 0 Å². The summed E-state index contributed by atoms with van der Waals surface area (Å²) >= 11 is 7.39. The minimum Gasteiger partial charge on any atom is 0 e. The predicted octanol–water partition coefficient (Wildman–Crippen LogP) is 11.5. The molecule has 0 amide bonds. The van der Waals surface area contributed by atoms with Gasteiger partial charge in [0.1, 0.15) is 0 Å². The third kappa shape index (κ3) is 4.80. The summed E-state index contributed by atoms with van der Waals surface area (Å²) in [6.07, 6.45) is 13.0. The van der Waals surface area contributed by atoms with Crippen LogP contribution in [0.1, 0.15) is 134 Å². The molecule has 0 aromatic carbocycles. The van der Waals surface area contributed by atoms with Gasteiger partial charge in [-0.1, -0.05) is 76.2 Å². The van der Waals surface area contributed by atoms with E-state index >= 15 is 0 Å². The topological polar surface area (TPSA) is 21.9 Å². The summed E-state index contributed by atoms with van der Waals surface area (Å²) in [6, 6.07) is 0.767. The third-order valence-electron chi connectivity index (χ3n) is 15.8. The second kappa shape index (κ2) is 10.7. The van der Waals surface area contributed by atoms with Gasteiger partial charge in [0.25, 0.3) is 0 Å². The molecule has 0 aromatic heterocycles. The number of fused-ring (bicyclic) bond motifs is 5. The molecule has 0 bridgehead atoms.